The summed E-state index contributed by atoms with van der Waals surface area (Å²) in [5.74, 6) is 1.43. The van der Waals surface area contributed by atoms with E-state index < -0.39 is 5.60 Å². The van der Waals surface area contributed by atoms with Crippen LogP contribution >= 0.6 is 0 Å². The number of hydrogen-bond donors (Lipinski definition) is 2. The van der Waals surface area contributed by atoms with Crippen molar-refractivity contribution in [1.29, 1.82) is 0 Å². The first-order valence-corrected chi connectivity index (χ1v) is 10.1. The zero-order chi connectivity index (χ0) is 17.5. The van der Waals surface area contributed by atoms with Crippen molar-refractivity contribution in [2.75, 3.05) is 6.54 Å². The number of H-pyrrole nitrogens is 1. The van der Waals surface area contributed by atoms with E-state index in [1.165, 1.54) is 28.6 Å². The molecule has 2 N–H and O–H groups in total. The van der Waals surface area contributed by atoms with E-state index in [1.807, 2.05) is 0 Å². The first kappa shape index (κ1) is 15.3. The summed E-state index contributed by atoms with van der Waals surface area (Å²) in [5.41, 5.74) is 2.91. The number of aromatic nitrogens is 1. The highest BCUT2D eigenvalue weighted by atomic mass is 16.3. The molecule has 136 valence electrons. The number of benzene rings is 1. The number of carbonyl (C=O) groups excluding carboxylic acids is 1. The van der Waals surface area contributed by atoms with Crippen LogP contribution in [-0.2, 0) is 17.8 Å². The van der Waals surface area contributed by atoms with Crippen molar-refractivity contribution in [3.05, 3.63) is 35.5 Å². The molecule has 1 aliphatic heterocycles. The molecule has 2 aromatic rings. The van der Waals surface area contributed by atoms with Gasteiger partial charge in [-0.15, -0.1) is 0 Å². The minimum Gasteiger partial charge on any atom is -0.390 e. The number of para-hydroxylation sites is 1. The third kappa shape index (κ3) is 2.02. The number of fused-ring (bicyclic) bond motifs is 3. The molecule has 2 unspecified atom stereocenters. The normalized spacial score (nSPS) is 38.0. The number of carbonyl (C=O) groups is 1. The lowest BCUT2D eigenvalue weighted by molar-refractivity contribution is -0.186. The van der Waals surface area contributed by atoms with Gasteiger partial charge in [-0.3, -0.25) is 4.79 Å². The van der Waals surface area contributed by atoms with Gasteiger partial charge >= 0.3 is 0 Å². The van der Waals surface area contributed by atoms with Crippen molar-refractivity contribution < 1.29 is 9.90 Å². The molecule has 1 amide bonds. The summed E-state index contributed by atoms with van der Waals surface area (Å²) in [6.45, 7) is 1.52. The second-order valence-electron chi connectivity index (χ2n) is 9.57. The number of nitrogens with one attached hydrogen (secondary N) is 1. The van der Waals surface area contributed by atoms with Crippen molar-refractivity contribution in [1.82, 2.24) is 9.88 Å². The van der Waals surface area contributed by atoms with E-state index in [-0.39, 0.29) is 5.41 Å². The number of aliphatic hydroxyl groups is 1. The van der Waals surface area contributed by atoms with E-state index in [0.29, 0.717) is 30.7 Å². The van der Waals surface area contributed by atoms with Crippen LogP contribution in [0, 0.1) is 17.3 Å². The molecule has 0 spiro atoms. The van der Waals surface area contributed by atoms with Gasteiger partial charge in [0.1, 0.15) is 0 Å². The van der Waals surface area contributed by atoms with Crippen molar-refractivity contribution in [3.63, 3.8) is 0 Å². The predicted molar refractivity (Wildman–Crippen MR) is 99.5 cm³/mol. The molecule has 4 aliphatic carbocycles. The second kappa shape index (κ2) is 4.92. The molecule has 4 fully saturated rings. The molecule has 4 heteroatoms. The number of hydrogen-bond acceptors (Lipinski definition) is 2. The van der Waals surface area contributed by atoms with Crippen LogP contribution < -0.4 is 0 Å². The van der Waals surface area contributed by atoms with Gasteiger partial charge in [0.15, 0.2) is 0 Å². The summed E-state index contributed by atoms with van der Waals surface area (Å²) >= 11 is 0. The van der Waals surface area contributed by atoms with Gasteiger partial charge in [-0.05, 0) is 56.4 Å². The maximum absolute atomic E-state index is 13.7. The summed E-state index contributed by atoms with van der Waals surface area (Å²) in [6, 6.07) is 8.41. The zero-order valence-corrected chi connectivity index (χ0v) is 15.1. The highest BCUT2D eigenvalue weighted by molar-refractivity contribution is 5.87. The maximum Gasteiger partial charge on any atom is 0.229 e. The van der Waals surface area contributed by atoms with Gasteiger partial charge in [0.05, 0.1) is 11.0 Å². The Morgan fingerprint density at radius 2 is 1.92 bits per heavy atom. The molecule has 26 heavy (non-hydrogen) atoms. The van der Waals surface area contributed by atoms with Crippen LogP contribution in [0.5, 0.6) is 0 Å². The van der Waals surface area contributed by atoms with Crippen molar-refractivity contribution >= 4 is 16.8 Å². The molecule has 4 bridgehead atoms. The summed E-state index contributed by atoms with van der Waals surface area (Å²) in [4.78, 5) is 19.3. The van der Waals surface area contributed by atoms with Crippen LogP contribution in [0.3, 0.4) is 0 Å². The Bertz CT molecular complexity index is 900. The first-order valence-electron chi connectivity index (χ1n) is 10.1. The standard InChI is InChI=1S/C22H26N2O2/c25-20(21-8-14-7-15(9-21)11-22(26,10-14)13-21)24-6-5-19-17(12-24)16-3-1-2-4-18(16)23-19/h1-4,14-15,23,26H,5-13H2. The molecule has 1 aromatic carbocycles. The Morgan fingerprint density at radius 1 is 1.15 bits per heavy atom. The van der Waals surface area contributed by atoms with Crippen LogP contribution in [-0.4, -0.2) is 33.0 Å². The molecule has 0 radical (unpaired) electrons. The third-order valence-electron chi connectivity index (χ3n) is 7.65. The first-order chi connectivity index (χ1) is 12.5. The second-order valence-corrected chi connectivity index (χ2v) is 9.57. The van der Waals surface area contributed by atoms with Crippen LogP contribution in [0.1, 0.15) is 49.8 Å². The Hall–Kier alpha value is -1.81. The maximum atomic E-state index is 13.7. The van der Waals surface area contributed by atoms with E-state index in [9.17, 15) is 9.90 Å². The van der Waals surface area contributed by atoms with E-state index in [2.05, 4.69) is 34.1 Å². The largest absolute Gasteiger partial charge is 0.390 e. The average Bonchev–Trinajstić information content (AvgIpc) is 2.97. The molecule has 5 aliphatic rings. The third-order valence-corrected chi connectivity index (χ3v) is 7.65. The summed E-state index contributed by atoms with van der Waals surface area (Å²) < 4.78 is 0. The fourth-order valence-electron chi connectivity index (χ4n) is 7.14. The number of aromatic amines is 1. The van der Waals surface area contributed by atoms with Gasteiger partial charge in [-0.1, -0.05) is 18.2 Å². The Kier molecular flexibility index (Phi) is 2.89. The van der Waals surface area contributed by atoms with E-state index in [0.717, 1.165) is 38.6 Å². The lowest BCUT2D eigenvalue weighted by Gasteiger charge is -2.60. The molecular weight excluding hydrogens is 324 g/mol. The molecule has 4 saturated carbocycles. The molecule has 7 rings (SSSR count). The topological polar surface area (TPSA) is 56.3 Å². The van der Waals surface area contributed by atoms with Crippen molar-refractivity contribution in [2.24, 2.45) is 17.3 Å². The van der Waals surface area contributed by atoms with Crippen LogP contribution in [0.15, 0.2) is 24.3 Å². The van der Waals surface area contributed by atoms with Crippen molar-refractivity contribution in [2.45, 2.75) is 57.1 Å². The lowest BCUT2D eigenvalue weighted by atomic mass is 9.47. The SMILES string of the molecule is O=C(N1CCc2[nH]c3ccccc3c2C1)C12CC3CC(CC(O)(C3)C1)C2. The monoisotopic (exact) mass is 350 g/mol. The minimum atomic E-state index is -0.568. The molecule has 4 nitrogen and oxygen atoms in total. The quantitative estimate of drug-likeness (QED) is 0.828. The fraction of sp³-hybridized carbons (Fsp3) is 0.591. The minimum absolute atomic E-state index is 0.289. The van der Waals surface area contributed by atoms with Gasteiger partial charge in [0.25, 0.3) is 0 Å². The highest BCUT2D eigenvalue weighted by Crippen LogP contribution is 2.62. The van der Waals surface area contributed by atoms with Crippen LogP contribution in [0.25, 0.3) is 10.9 Å². The Labute approximate surface area is 153 Å². The molecule has 2 heterocycles. The van der Waals surface area contributed by atoms with Gasteiger partial charge < -0.3 is 15.0 Å². The summed E-state index contributed by atoms with van der Waals surface area (Å²) in [6.07, 6.45) is 6.68. The van der Waals surface area contributed by atoms with Crippen LogP contribution in [0.4, 0.5) is 0 Å². The summed E-state index contributed by atoms with van der Waals surface area (Å²) in [7, 11) is 0. The smallest absolute Gasteiger partial charge is 0.229 e. The summed E-state index contributed by atoms with van der Waals surface area (Å²) in [5, 5.41) is 12.3. The van der Waals surface area contributed by atoms with Gasteiger partial charge in [0, 0.05) is 41.7 Å². The van der Waals surface area contributed by atoms with E-state index in [1.54, 1.807) is 0 Å². The van der Waals surface area contributed by atoms with Gasteiger partial charge in [-0.25, -0.2) is 0 Å². The molecule has 0 saturated heterocycles. The number of amides is 1. The average molecular weight is 350 g/mol. The fourth-order valence-corrected chi connectivity index (χ4v) is 7.14. The highest BCUT2D eigenvalue weighted by Gasteiger charge is 2.60. The number of nitrogens with zero attached hydrogens (tertiary/aromatic N) is 1. The van der Waals surface area contributed by atoms with Crippen LogP contribution in [0.2, 0.25) is 0 Å². The van der Waals surface area contributed by atoms with Gasteiger partial charge in [-0.2, -0.15) is 0 Å². The lowest BCUT2D eigenvalue weighted by Crippen LogP contribution is -2.61. The molecule has 1 aromatic heterocycles. The Balaban J connectivity index is 1.33. The van der Waals surface area contributed by atoms with E-state index >= 15 is 0 Å². The molecular formula is C22H26N2O2. The van der Waals surface area contributed by atoms with E-state index in [4.69, 9.17) is 0 Å². The van der Waals surface area contributed by atoms with Crippen molar-refractivity contribution in [3.8, 4) is 0 Å². The number of rotatable bonds is 1. The molecule has 2 atom stereocenters. The zero-order valence-electron chi connectivity index (χ0n) is 15.1. The van der Waals surface area contributed by atoms with Gasteiger partial charge in [0.2, 0.25) is 5.91 Å². The Morgan fingerprint density at radius 3 is 2.69 bits per heavy atom. The predicted octanol–water partition coefficient (Wildman–Crippen LogP) is 3.38.